The highest BCUT2D eigenvalue weighted by Gasteiger charge is 2.40. The SMILES string of the molecule is CNC(=O)C1(C)CCN(c2nccc(C)c2N)C1. The van der Waals surface area contributed by atoms with Gasteiger partial charge in [-0.3, -0.25) is 4.79 Å². The number of aryl methyl sites for hydroxylation is 1. The van der Waals surface area contributed by atoms with Gasteiger partial charge in [0.1, 0.15) is 0 Å². The first-order valence-corrected chi connectivity index (χ1v) is 6.16. The van der Waals surface area contributed by atoms with E-state index in [1.807, 2.05) is 19.9 Å². The van der Waals surface area contributed by atoms with Gasteiger partial charge in [-0.25, -0.2) is 4.98 Å². The van der Waals surface area contributed by atoms with Crippen molar-refractivity contribution in [2.24, 2.45) is 5.41 Å². The molecule has 2 rings (SSSR count). The number of nitrogens with zero attached hydrogens (tertiary/aromatic N) is 2. The molecule has 1 aliphatic rings. The molecule has 1 amide bonds. The molecule has 0 spiro atoms. The van der Waals surface area contributed by atoms with Gasteiger partial charge in [-0.2, -0.15) is 0 Å². The van der Waals surface area contributed by atoms with Gasteiger partial charge >= 0.3 is 0 Å². The molecule has 0 saturated carbocycles. The fourth-order valence-electron chi connectivity index (χ4n) is 2.44. The molecule has 98 valence electrons. The quantitative estimate of drug-likeness (QED) is 0.817. The van der Waals surface area contributed by atoms with Crippen molar-refractivity contribution in [3.05, 3.63) is 17.8 Å². The van der Waals surface area contributed by atoms with Gasteiger partial charge in [0.2, 0.25) is 5.91 Å². The van der Waals surface area contributed by atoms with E-state index in [1.54, 1.807) is 13.2 Å². The first-order chi connectivity index (χ1) is 8.48. The van der Waals surface area contributed by atoms with Crippen LogP contribution in [0.2, 0.25) is 0 Å². The van der Waals surface area contributed by atoms with E-state index in [4.69, 9.17) is 5.73 Å². The number of nitrogens with two attached hydrogens (primary N) is 1. The molecular weight excluding hydrogens is 228 g/mol. The third-order valence-electron chi connectivity index (χ3n) is 3.74. The van der Waals surface area contributed by atoms with Crippen molar-refractivity contribution in [1.82, 2.24) is 10.3 Å². The molecule has 3 N–H and O–H groups in total. The van der Waals surface area contributed by atoms with Crippen molar-refractivity contribution in [1.29, 1.82) is 0 Å². The Kier molecular flexibility index (Phi) is 3.15. The lowest BCUT2D eigenvalue weighted by molar-refractivity contribution is -0.128. The Bertz CT molecular complexity index is 474. The summed E-state index contributed by atoms with van der Waals surface area (Å²) in [5, 5.41) is 2.73. The lowest BCUT2D eigenvalue weighted by atomic mass is 9.89. The maximum absolute atomic E-state index is 11.9. The van der Waals surface area contributed by atoms with Crippen molar-refractivity contribution >= 4 is 17.4 Å². The lowest BCUT2D eigenvalue weighted by Gasteiger charge is -2.24. The third-order valence-corrected chi connectivity index (χ3v) is 3.74. The van der Waals surface area contributed by atoms with Crippen LogP contribution in [0.25, 0.3) is 0 Å². The number of nitrogens with one attached hydrogen (secondary N) is 1. The Morgan fingerprint density at radius 2 is 2.33 bits per heavy atom. The number of amides is 1. The summed E-state index contributed by atoms with van der Waals surface area (Å²) in [5.41, 5.74) is 7.43. The summed E-state index contributed by atoms with van der Waals surface area (Å²) in [6.07, 6.45) is 2.58. The Morgan fingerprint density at radius 1 is 1.61 bits per heavy atom. The van der Waals surface area contributed by atoms with Gasteiger partial charge in [-0.1, -0.05) is 0 Å². The average molecular weight is 248 g/mol. The molecule has 2 heterocycles. The van der Waals surface area contributed by atoms with Crippen molar-refractivity contribution in [3.8, 4) is 0 Å². The van der Waals surface area contributed by atoms with Crippen LogP contribution in [0.1, 0.15) is 18.9 Å². The number of aromatic nitrogens is 1. The number of hydrogen-bond acceptors (Lipinski definition) is 4. The molecule has 1 aromatic heterocycles. The maximum Gasteiger partial charge on any atom is 0.227 e. The molecule has 5 heteroatoms. The highest BCUT2D eigenvalue weighted by atomic mass is 16.2. The van der Waals surface area contributed by atoms with E-state index in [2.05, 4.69) is 15.2 Å². The smallest absolute Gasteiger partial charge is 0.227 e. The van der Waals surface area contributed by atoms with Crippen LogP contribution in [-0.2, 0) is 4.79 Å². The first kappa shape index (κ1) is 12.7. The number of carbonyl (C=O) groups is 1. The van der Waals surface area contributed by atoms with Gasteiger partial charge in [0.25, 0.3) is 0 Å². The number of nitrogen functional groups attached to an aromatic ring is 1. The number of pyridine rings is 1. The minimum Gasteiger partial charge on any atom is -0.396 e. The Balaban J connectivity index is 2.23. The van der Waals surface area contributed by atoms with Crippen LogP contribution in [0.3, 0.4) is 0 Å². The second kappa shape index (κ2) is 4.48. The molecule has 1 atom stereocenters. The fraction of sp³-hybridized carbons (Fsp3) is 0.538. The van der Waals surface area contributed by atoms with Gasteiger partial charge in [0.15, 0.2) is 5.82 Å². The Labute approximate surface area is 107 Å². The number of anilines is 2. The summed E-state index contributed by atoms with van der Waals surface area (Å²) in [5.74, 6) is 0.874. The molecule has 1 unspecified atom stereocenters. The van der Waals surface area contributed by atoms with Crippen LogP contribution < -0.4 is 16.0 Å². The summed E-state index contributed by atoms with van der Waals surface area (Å²) in [6.45, 7) is 5.42. The largest absolute Gasteiger partial charge is 0.396 e. The van der Waals surface area contributed by atoms with Crippen LogP contribution in [-0.4, -0.2) is 31.0 Å². The molecule has 0 bridgehead atoms. The second-order valence-electron chi connectivity index (χ2n) is 5.18. The van der Waals surface area contributed by atoms with E-state index in [0.29, 0.717) is 12.2 Å². The lowest BCUT2D eigenvalue weighted by Crippen LogP contribution is -2.39. The molecule has 18 heavy (non-hydrogen) atoms. The van der Waals surface area contributed by atoms with Crippen LogP contribution in [0, 0.1) is 12.3 Å². The van der Waals surface area contributed by atoms with Crippen molar-refractivity contribution in [3.63, 3.8) is 0 Å². The standard InChI is InChI=1S/C13H20N4O/c1-9-4-6-16-11(10(9)14)17-7-5-13(2,8-17)12(18)15-3/h4,6H,5,7-8,14H2,1-3H3,(H,15,18). The van der Waals surface area contributed by atoms with Gasteiger partial charge < -0.3 is 16.0 Å². The summed E-state index contributed by atoms with van der Waals surface area (Å²) in [4.78, 5) is 18.3. The average Bonchev–Trinajstić information content (AvgIpc) is 2.75. The van der Waals surface area contributed by atoms with Crippen LogP contribution in [0.4, 0.5) is 11.5 Å². The maximum atomic E-state index is 11.9. The van der Waals surface area contributed by atoms with E-state index in [9.17, 15) is 4.79 Å². The summed E-state index contributed by atoms with van der Waals surface area (Å²) in [6, 6.07) is 1.90. The summed E-state index contributed by atoms with van der Waals surface area (Å²) in [7, 11) is 1.68. The molecule has 0 radical (unpaired) electrons. The molecule has 5 nitrogen and oxygen atoms in total. The minimum absolute atomic E-state index is 0.0798. The van der Waals surface area contributed by atoms with Gasteiger partial charge in [-0.15, -0.1) is 0 Å². The zero-order valence-corrected chi connectivity index (χ0v) is 11.2. The highest BCUT2D eigenvalue weighted by molar-refractivity contribution is 5.84. The number of hydrogen-bond donors (Lipinski definition) is 2. The molecule has 1 fully saturated rings. The molecular formula is C13H20N4O. The monoisotopic (exact) mass is 248 g/mol. The zero-order valence-electron chi connectivity index (χ0n) is 11.2. The first-order valence-electron chi connectivity index (χ1n) is 6.16. The molecule has 1 saturated heterocycles. The van der Waals surface area contributed by atoms with Crippen molar-refractivity contribution < 1.29 is 4.79 Å². The van der Waals surface area contributed by atoms with E-state index in [-0.39, 0.29) is 11.3 Å². The fourth-order valence-corrected chi connectivity index (χ4v) is 2.44. The van der Waals surface area contributed by atoms with Gasteiger partial charge in [-0.05, 0) is 31.9 Å². The van der Waals surface area contributed by atoms with Crippen molar-refractivity contribution in [2.45, 2.75) is 20.3 Å². The third kappa shape index (κ3) is 2.00. The second-order valence-corrected chi connectivity index (χ2v) is 5.18. The molecule has 0 aliphatic carbocycles. The van der Waals surface area contributed by atoms with E-state index in [0.717, 1.165) is 24.3 Å². The van der Waals surface area contributed by atoms with Crippen LogP contribution in [0.5, 0.6) is 0 Å². The molecule has 1 aromatic rings. The van der Waals surface area contributed by atoms with E-state index < -0.39 is 0 Å². The Morgan fingerprint density at radius 3 is 3.00 bits per heavy atom. The predicted octanol–water partition coefficient (Wildman–Crippen LogP) is 0.935. The van der Waals surface area contributed by atoms with Gasteiger partial charge in [0.05, 0.1) is 11.1 Å². The summed E-state index contributed by atoms with van der Waals surface area (Å²) < 4.78 is 0. The highest BCUT2D eigenvalue weighted by Crippen LogP contribution is 2.35. The minimum atomic E-state index is -0.355. The summed E-state index contributed by atoms with van der Waals surface area (Å²) >= 11 is 0. The molecule has 1 aliphatic heterocycles. The topological polar surface area (TPSA) is 71.2 Å². The Hall–Kier alpha value is -1.78. The van der Waals surface area contributed by atoms with Crippen LogP contribution in [0.15, 0.2) is 12.3 Å². The van der Waals surface area contributed by atoms with Crippen LogP contribution >= 0.6 is 0 Å². The number of rotatable bonds is 2. The molecule has 0 aromatic carbocycles. The van der Waals surface area contributed by atoms with E-state index >= 15 is 0 Å². The number of carbonyl (C=O) groups excluding carboxylic acids is 1. The zero-order chi connectivity index (χ0) is 13.3. The predicted molar refractivity (Wildman–Crippen MR) is 72.4 cm³/mol. The van der Waals surface area contributed by atoms with Crippen molar-refractivity contribution in [2.75, 3.05) is 30.8 Å². The van der Waals surface area contributed by atoms with Gasteiger partial charge in [0, 0.05) is 26.3 Å². The normalized spacial score (nSPS) is 23.2. The van der Waals surface area contributed by atoms with E-state index in [1.165, 1.54) is 0 Å².